The summed E-state index contributed by atoms with van der Waals surface area (Å²) in [5.41, 5.74) is 0.999. The van der Waals surface area contributed by atoms with Crippen LogP contribution in [0.2, 0.25) is 0 Å². The molecule has 2 heterocycles. The van der Waals surface area contributed by atoms with E-state index in [9.17, 15) is 14.3 Å². The first-order valence-corrected chi connectivity index (χ1v) is 10.7. The standard InChI is InChI=1S/C22H34FN3O3/c1-16-15-20(22(28)17(2)29-16)24(3)10-4-5-21(27)26-13-11-25(12-14-26)19-8-6-18(23)7-9-19/h6-9,16-17,20,22,28H,4-5,10-15H2,1-3H3/t16-,17?,20+,22+/m1/s1. The summed E-state index contributed by atoms with van der Waals surface area (Å²) in [6.07, 6.45) is 1.59. The summed E-state index contributed by atoms with van der Waals surface area (Å²) in [6, 6.07) is 6.59. The van der Waals surface area contributed by atoms with Crippen molar-refractivity contribution in [2.75, 3.05) is 44.7 Å². The van der Waals surface area contributed by atoms with Gasteiger partial charge in [-0.05, 0) is 64.5 Å². The molecule has 6 nitrogen and oxygen atoms in total. The van der Waals surface area contributed by atoms with Crippen LogP contribution in [0.15, 0.2) is 24.3 Å². The molecule has 1 amide bonds. The fourth-order valence-corrected chi connectivity index (χ4v) is 4.41. The molecule has 2 aliphatic heterocycles. The molecule has 1 aromatic carbocycles. The Labute approximate surface area is 173 Å². The molecule has 4 atom stereocenters. The van der Waals surface area contributed by atoms with Crippen LogP contribution in [0.5, 0.6) is 0 Å². The largest absolute Gasteiger partial charge is 0.389 e. The smallest absolute Gasteiger partial charge is 0.222 e. The molecular formula is C22H34FN3O3. The van der Waals surface area contributed by atoms with Gasteiger partial charge >= 0.3 is 0 Å². The SMILES string of the molecule is CC1O[C@H](C)C[C@H](N(C)CCCC(=O)N2CCN(c3ccc(F)cc3)CC2)[C@H]1O. The zero-order valence-electron chi connectivity index (χ0n) is 17.8. The van der Waals surface area contributed by atoms with Crippen molar-refractivity contribution < 1.29 is 19.0 Å². The second-order valence-corrected chi connectivity index (χ2v) is 8.37. The van der Waals surface area contributed by atoms with Gasteiger partial charge in [-0.1, -0.05) is 0 Å². The fourth-order valence-electron chi connectivity index (χ4n) is 4.41. The first-order valence-electron chi connectivity index (χ1n) is 10.7. The number of benzene rings is 1. The van der Waals surface area contributed by atoms with Gasteiger partial charge in [-0.25, -0.2) is 4.39 Å². The lowest BCUT2D eigenvalue weighted by molar-refractivity contribution is -0.138. The minimum absolute atomic E-state index is 0.0723. The number of halogens is 1. The van der Waals surface area contributed by atoms with Gasteiger partial charge < -0.3 is 24.5 Å². The van der Waals surface area contributed by atoms with Gasteiger partial charge in [-0.2, -0.15) is 0 Å². The van der Waals surface area contributed by atoms with Gasteiger partial charge in [0.15, 0.2) is 0 Å². The van der Waals surface area contributed by atoms with Crippen LogP contribution in [0.3, 0.4) is 0 Å². The third-order valence-electron chi connectivity index (χ3n) is 6.19. The zero-order valence-corrected chi connectivity index (χ0v) is 17.8. The number of ether oxygens (including phenoxy) is 1. The number of likely N-dealkylation sites (N-methyl/N-ethyl adjacent to an activating group) is 1. The van der Waals surface area contributed by atoms with E-state index >= 15 is 0 Å². The maximum absolute atomic E-state index is 13.1. The number of aliphatic hydroxyl groups excluding tert-OH is 1. The molecule has 162 valence electrons. The Kier molecular flexibility index (Phi) is 7.49. The number of rotatable bonds is 6. The summed E-state index contributed by atoms with van der Waals surface area (Å²) in [6.45, 7) is 7.65. The molecule has 2 saturated heterocycles. The van der Waals surface area contributed by atoms with Crippen LogP contribution in [0.1, 0.15) is 33.1 Å². The highest BCUT2D eigenvalue weighted by Gasteiger charge is 2.35. The molecule has 0 spiro atoms. The lowest BCUT2D eigenvalue weighted by Crippen LogP contribution is -2.53. The molecular weight excluding hydrogens is 373 g/mol. The number of hydrogen-bond acceptors (Lipinski definition) is 5. The molecule has 0 aromatic heterocycles. The summed E-state index contributed by atoms with van der Waals surface area (Å²) in [4.78, 5) is 18.9. The number of aliphatic hydroxyl groups is 1. The van der Waals surface area contributed by atoms with Gasteiger partial charge in [0.1, 0.15) is 5.82 Å². The highest BCUT2D eigenvalue weighted by molar-refractivity contribution is 5.76. The Bertz CT molecular complexity index is 664. The maximum atomic E-state index is 13.1. The fraction of sp³-hybridized carbons (Fsp3) is 0.682. The van der Waals surface area contributed by atoms with Crippen molar-refractivity contribution in [3.05, 3.63) is 30.1 Å². The highest BCUT2D eigenvalue weighted by atomic mass is 19.1. The lowest BCUT2D eigenvalue weighted by atomic mass is 9.95. The molecule has 0 radical (unpaired) electrons. The van der Waals surface area contributed by atoms with E-state index in [-0.39, 0.29) is 30.0 Å². The molecule has 3 rings (SSSR count). The Hall–Kier alpha value is -1.70. The predicted molar refractivity (Wildman–Crippen MR) is 111 cm³/mol. The third kappa shape index (κ3) is 5.68. The minimum atomic E-state index is -0.494. The van der Waals surface area contributed by atoms with Crippen molar-refractivity contribution in [3.63, 3.8) is 0 Å². The summed E-state index contributed by atoms with van der Waals surface area (Å²) in [5.74, 6) is -0.0452. The number of nitrogens with zero attached hydrogens (tertiary/aromatic N) is 3. The van der Waals surface area contributed by atoms with Gasteiger partial charge in [0.2, 0.25) is 5.91 Å². The second kappa shape index (κ2) is 9.87. The number of amides is 1. The van der Waals surface area contributed by atoms with Gasteiger partial charge in [-0.15, -0.1) is 0 Å². The maximum Gasteiger partial charge on any atom is 0.222 e. The van der Waals surface area contributed by atoms with E-state index in [2.05, 4.69) is 9.80 Å². The first kappa shape index (κ1) is 22.0. The quantitative estimate of drug-likeness (QED) is 0.783. The number of hydrogen-bond donors (Lipinski definition) is 1. The molecule has 2 fully saturated rings. The van der Waals surface area contributed by atoms with Crippen molar-refractivity contribution >= 4 is 11.6 Å². The van der Waals surface area contributed by atoms with Crippen LogP contribution in [0.25, 0.3) is 0 Å². The Balaban J connectivity index is 1.39. The minimum Gasteiger partial charge on any atom is -0.389 e. The Morgan fingerprint density at radius 3 is 2.52 bits per heavy atom. The van der Waals surface area contributed by atoms with Crippen LogP contribution in [-0.2, 0) is 9.53 Å². The van der Waals surface area contributed by atoms with Gasteiger partial charge in [-0.3, -0.25) is 4.79 Å². The Morgan fingerprint density at radius 2 is 1.86 bits per heavy atom. The van der Waals surface area contributed by atoms with Crippen molar-refractivity contribution in [1.29, 1.82) is 0 Å². The van der Waals surface area contributed by atoms with E-state index in [0.29, 0.717) is 19.5 Å². The molecule has 1 unspecified atom stereocenters. The van der Waals surface area contributed by atoms with Crippen LogP contribution in [0.4, 0.5) is 10.1 Å². The molecule has 2 aliphatic rings. The molecule has 1 aromatic rings. The Morgan fingerprint density at radius 1 is 1.21 bits per heavy atom. The van der Waals surface area contributed by atoms with E-state index in [4.69, 9.17) is 4.74 Å². The van der Waals surface area contributed by atoms with Crippen LogP contribution in [-0.4, -0.2) is 84.9 Å². The number of piperazine rings is 1. The van der Waals surface area contributed by atoms with Crippen molar-refractivity contribution in [2.24, 2.45) is 0 Å². The van der Waals surface area contributed by atoms with E-state index in [1.54, 1.807) is 12.1 Å². The zero-order chi connectivity index (χ0) is 21.0. The molecule has 0 bridgehead atoms. The molecule has 29 heavy (non-hydrogen) atoms. The third-order valence-corrected chi connectivity index (χ3v) is 6.19. The summed E-state index contributed by atoms with van der Waals surface area (Å²) in [5, 5.41) is 10.4. The normalized spacial score (nSPS) is 28.1. The molecule has 1 N–H and O–H groups in total. The number of carbonyl (C=O) groups is 1. The topological polar surface area (TPSA) is 56.2 Å². The molecule has 7 heteroatoms. The van der Waals surface area contributed by atoms with Crippen LogP contribution in [0, 0.1) is 5.82 Å². The summed E-state index contributed by atoms with van der Waals surface area (Å²) >= 11 is 0. The number of carbonyl (C=O) groups excluding carboxylic acids is 1. The lowest BCUT2D eigenvalue weighted by Gasteiger charge is -2.41. The van der Waals surface area contributed by atoms with Crippen LogP contribution >= 0.6 is 0 Å². The second-order valence-electron chi connectivity index (χ2n) is 8.37. The number of anilines is 1. The van der Waals surface area contributed by atoms with Gasteiger partial charge in [0, 0.05) is 44.3 Å². The average molecular weight is 408 g/mol. The van der Waals surface area contributed by atoms with Crippen molar-refractivity contribution in [3.8, 4) is 0 Å². The monoisotopic (exact) mass is 407 g/mol. The van der Waals surface area contributed by atoms with Crippen molar-refractivity contribution in [1.82, 2.24) is 9.80 Å². The van der Waals surface area contributed by atoms with Gasteiger partial charge in [0.05, 0.1) is 18.3 Å². The molecule has 0 aliphatic carbocycles. The van der Waals surface area contributed by atoms with Crippen LogP contribution < -0.4 is 4.90 Å². The van der Waals surface area contributed by atoms with Crippen molar-refractivity contribution in [2.45, 2.75) is 57.5 Å². The van der Waals surface area contributed by atoms with E-state index in [1.165, 1.54) is 12.1 Å². The first-order chi connectivity index (χ1) is 13.8. The highest BCUT2D eigenvalue weighted by Crippen LogP contribution is 2.24. The average Bonchev–Trinajstić information content (AvgIpc) is 2.71. The van der Waals surface area contributed by atoms with E-state index < -0.39 is 6.10 Å². The van der Waals surface area contributed by atoms with Gasteiger partial charge in [0.25, 0.3) is 0 Å². The summed E-state index contributed by atoms with van der Waals surface area (Å²) in [7, 11) is 2.02. The molecule has 0 saturated carbocycles. The summed E-state index contributed by atoms with van der Waals surface area (Å²) < 4.78 is 18.8. The predicted octanol–water partition coefficient (Wildman–Crippen LogP) is 2.11. The van der Waals surface area contributed by atoms with E-state index in [0.717, 1.165) is 38.2 Å². The van der Waals surface area contributed by atoms with E-state index in [1.807, 2.05) is 25.8 Å².